The van der Waals surface area contributed by atoms with Crippen LogP contribution in [0.1, 0.15) is 23.7 Å². The van der Waals surface area contributed by atoms with Crippen molar-refractivity contribution >= 4 is 5.78 Å². The number of ketones is 1. The van der Waals surface area contributed by atoms with Crippen LogP contribution >= 0.6 is 0 Å². The van der Waals surface area contributed by atoms with Gasteiger partial charge in [0.2, 0.25) is 0 Å². The number of nitrogens with zero attached hydrogens (tertiary/aromatic N) is 1. The zero-order valence-corrected chi connectivity index (χ0v) is 9.49. The van der Waals surface area contributed by atoms with Crippen LogP contribution in [0.25, 0.3) is 0 Å². The maximum Gasteiger partial charge on any atom is 0.573 e. The van der Waals surface area contributed by atoms with Crippen LogP contribution in [0.2, 0.25) is 0 Å². The van der Waals surface area contributed by atoms with E-state index in [0.717, 1.165) is 6.07 Å². The van der Waals surface area contributed by atoms with Gasteiger partial charge in [0.25, 0.3) is 0 Å². The number of carbonyl (C=O) groups is 1. The summed E-state index contributed by atoms with van der Waals surface area (Å²) in [6.45, 7) is 1.48. The van der Waals surface area contributed by atoms with Crippen LogP contribution in [0.5, 0.6) is 5.75 Å². The average molecular weight is 257 g/mol. The Hall–Kier alpha value is -2.03. The molecule has 0 aromatic heterocycles. The lowest BCUT2D eigenvalue weighted by Crippen LogP contribution is -2.20. The lowest BCUT2D eigenvalue weighted by Gasteiger charge is -2.14. The quantitative estimate of drug-likeness (QED) is 0.777. The van der Waals surface area contributed by atoms with Crippen molar-refractivity contribution in [2.45, 2.75) is 19.7 Å². The van der Waals surface area contributed by atoms with Crippen LogP contribution in [-0.2, 0) is 0 Å². The van der Waals surface area contributed by atoms with E-state index in [1.807, 2.05) is 0 Å². The van der Waals surface area contributed by atoms with Gasteiger partial charge >= 0.3 is 6.36 Å². The molecule has 1 unspecified atom stereocenters. The van der Waals surface area contributed by atoms with Crippen LogP contribution < -0.4 is 4.74 Å². The fourth-order valence-corrected chi connectivity index (χ4v) is 1.38. The molecule has 1 rings (SSSR count). The van der Waals surface area contributed by atoms with Crippen molar-refractivity contribution in [2.75, 3.05) is 0 Å². The molecule has 0 amide bonds. The molecule has 0 spiro atoms. The third kappa shape index (κ3) is 3.77. The number of carbonyl (C=O) groups excluding carboxylic acids is 1. The molecule has 0 aliphatic carbocycles. The van der Waals surface area contributed by atoms with E-state index in [4.69, 9.17) is 5.26 Å². The smallest absolute Gasteiger partial charge is 0.405 e. The molecule has 96 valence electrons. The van der Waals surface area contributed by atoms with Crippen molar-refractivity contribution in [2.24, 2.45) is 5.92 Å². The lowest BCUT2D eigenvalue weighted by molar-refractivity contribution is -0.274. The molecular weight excluding hydrogens is 247 g/mol. The second-order valence-electron chi connectivity index (χ2n) is 3.67. The van der Waals surface area contributed by atoms with Gasteiger partial charge < -0.3 is 4.74 Å². The van der Waals surface area contributed by atoms with Crippen LogP contribution in [0.4, 0.5) is 13.2 Å². The highest BCUT2D eigenvalue weighted by Crippen LogP contribution is 2.28. The zero-order chi connectivity index (χ0) is 13.8. The molecule has 1 atom stereocenters. The predicted octanol–water partition coefficient (Wildman–Crippen LogP) is 3.32. The largest absolute Gasteiger partial charge is 0.573 e. The fourth-order valence-electron chi connectivity index (χ4n) is 1.38. The SMILES string of the molecule is CC(CC#N)C(=O)c1ccccc1OC(F)(F)F. The van der Waals surface area contributed by atoms with Gasteiger partial charge in [-0.2, -0.15) is 5.26 Å². The summed E-state index contributed by atoms with van der Waals surface area (Å²) in [7, 11) is 0. The Morgan fingerprint density at radius 3 is 2.61 bits per heavy atom. The number of hydrogen-bond acceptors (Lipinski definition) is 3. The van der Waals surface area contributed by atoms with Crippen molar-refractivity contribution in [3.05, 3.63) is 29.8 Å². The molecule has 0 saturated carbocycles. The van der Waals surface area contributed by atoms with Crippen molar-refractivity contribution in [1.82, 2.24) is 0 Å². The molecule has 18 heavy (non-hydrogen) atoms. The van der Waals surface area contributed by atoms with E-state index in [1.54, 1.807) is 6.07 Å². The molecule has 0 heterocycles. The summed E-state index contributed by atoms with van der Waals surface area (Å²) < 4.78 is 40.2. The van der Waals surface area contributed by atoms with Gasteiger partial charge in [-0.3, -0.25) is 4.79 Å². The van der Waals surface area contributed by atoms with Gasteiger partial charge in [0.05, 0.1) is 11.6 Å². The average Bonchev–Trinajstić information content (AvgIpc) is 2.27. The first kappa shape index (κ1) is 14.0. The highest BCUT2D eigenvalue weighted by atomic mass is 19.4. The van der Waals surface area contributed by atoms with E-state index >= 15 is 0 Å². The van der Waals surface area contributed by atoms with E-state index < -0.39 is 23.8 Å². The summed E-state index contributed by atoms with van der Waals surface area (Å²) in [5.74, 6) is -1.76. The summed E-state index contributed by atoms with van der Waals surface area (Å²) in [6, 6.07) is 6.90. The molecular formula is C12H10F3NO2. The number of alkyl halides is 3. The van der Waals surface area contributed by atoms with Crippen molar-refractivity contribution in [3.63, 3.8) is 0 Å². The molecule has 0 aliphatic rings. The van der Waals surface area contributed by atoms with Gasteiger partial charge in [0.1, 0.15) is 5.75 Å². The van der Waals surface area contributed by atoms with Gasteiger partial charge in [-0.25, -0.2) is 0 Å². The second-order valence-corrected chi connectivity index (χ2v) is 3.67. The summed E-state index contributed by atoms with van der Waals surface area (Å²) in [4.78, 5) is 11.8. The number of rotatable bonds is 4. The molecule has 0 saturated heterocycles. The standard InChI is InChI=1S/C12H10F3NO2/c1-8(6-7-16)11(17)9-4-2-3-5-10(9)18-12(13,14)15/h2-5,8H,6H2,1H3. The van der Waals surface area contributed by atoms with Gasteiger partial charge in [0, 0.05) is 12.3 Å². The number of nitriles is 1. The number of halogens is 3. The highest BCUT2D eigenvalue weighted by Gasteiger charge is 2.33. The highest BCUT2D eigenvalue weighted by molar-refractivity contribution is 6.00. The zero-order valence-electron chi connectivity index (χ0n) is 9.49. The van der Waals surface area contributed by atoms with E-state index in [-0.39, 0.29) is 12.0 Å². The van der Waals surface area contributed by atoms with Gasteiger partial charge in [-0.15, -0.1) is 13.2 Å². The first-order chi connectivity index (χ1) is 8.35. The Morgan fingerprint density at radius 1 is 1.44 bits per heavy atom. The van der Waals surface area contributed by atoms with Crippen molar-refractivity contribution in [1.29, 1.82) is 5.26 Å². The Bertz CT molecular complexity index is 477. The molecule has 1 aromatic carbocycles. The number of benzene rings is 1. The van der Waals surface area contributed by atoms with Crippen molar-refractivity contribution < 1.29 is 22.7 Å². The summed E-state index contributed by atoms with van der Waals surface area (Å²) in [5.41, 5.74) is -0.169. The fraction of sp³-hybridized carbons (Fsp3) is 0.333. The van der Waals surface area contributed by atoms with E-state index in [1.165, 1.54) is 25.1 Å². The summed E-state index contributed by atoms with van der Waals surface area (Å²) >= 11 is 0. The van der Waals surface area contributed by atoms with Crippen LogP contribution in [0.3, 0.4) is 0 Å². The third-order valence-corrected chi connectivity index (χ3v) is 2.22. The molecule has 1 aromatic rings. The first-order valence-corrected chi connectivity index (χ1v) is 5.11. The topological polar surface area (TPSA) is 50.1 Å². The monoisotopic (exact) mass is 257 g/mol. The Balaban J connectivity index is 3.02. The molecule has 0 fully saturated rings. The van der Waals surface area contributed by atoms with Gasteiger partial charge in [-0.05, 0) is 12.1 Å². The van der Waals surface area contributed by atoms with Crippen LogP contribution in [0.15, 0.2) is 24.3 Å². The molecule has 0 N–H and O–H groups in total. The maximum absolute atomic E-state index is 12.1. The van der Waals surface area contributed by atoms with Crippen LogP contribution in [-0.4, -0.2) is 12.1 Å². The van der Waals surface area contributed by atoms with Crippen LogP contribution in [0, 0.1) is 17.2 Å². The number of hydrogen-bond donors (Lipinski definition) is 0. The molecule has 0 aliphatic heterocycles. The number of ether oxygens (including phenoxy) is 1. The van der Waals surface area contributed by atoms with E-state index in [9.17, 15) is 18.0 Å². The number of para-hydroxylation sites is 1. The summed E-state index contributed by atoms with van der Waals surface area (Å²) in [6.07, 6.45) is -4.91. The maximum atomic E-state index is 12.1. The summed E-state index contributed by atoms with van der Waals surface area (Å²) in [5, 5.41) is 8.47. The minimum absolute atomic E-state index is 0.0564. The Kier molecular flexibility index (Phi) is 4.32. The normalized spacial score (nSPS) is 12.6. The molecule has 0 bridgehead atoms. The minimum Gasteiger partial charge on any atom is -0.405 e. The number of Topliss-reactive ketones (excluding diaryl/α,β-unsaturated/α-hetero) is 1. The van der Waals surface area contributed by atoms with E-state index in [0.29, 0.717) is 0 Å². The predicted molar refractivity (Wildman–Crippen MR) is 56.8 cm³/mol. The first-order valence-electron chi connectivity index (χ1n) is 5.11. The molecule has 6 heteroatoms. The van der Waals surface area contributed by atoms with Crippen molar-refractivity contribution in [3.8, 4) is 11.8 Å². The third-order valence-electron chi connectivity index (χ3n) is 2.22. The lowest BCUT2D eigenvalue weighted by atomic mass is 9.96. The Labute approximate surface area is 102 Å². The second kappa shape index (κ2) is 5.54. The van der Waals surface area contributed by atoms with Gasteiger partial charge in [0.15, 0.2) is 5.78 Å². The molecule has 0 radical (unpaired) electrons. The Morgan fingerprint density at radius 2 is 2.06 bits per heavy atom. The van der Waals surface area contributed by atoms with Gasteiger partial charge in [-0.1, -0.05) is 19.1 Å². The minimum atomic E-state index is -4.85. The van der Waals surface area contributed by atoms with E-state index in [2.05, 4.69) is 4.74 Å². The molecule has 3 nitrogen and oxygen atoms in total.